The van der Waals surface area contributed by atoms with Gasteiger partial charge in [-0.1, -0.05) is 30.3 Å². The maximum absolute atomic E-state index is 12.0. The van der Waals surface area contributed by atoms with Gasteiger partial charge in [-0.15, -0.1) is 0 Å². The van der Waals surface area contributed by atoms with Gasteiger partial charge in [-0.2, -0.15) is 5.26 Å². The number of hydrogen-bond acceptors (Lipinski definition) is 3. The summed E-state index contributed by atoms with van der Waals surface area (Å²) in [5.74, 6) is -1.01. The van der Waals surface area contributed by atoms with Crippen LogP contribution in [0.3, 0.4) is 0 Å². The largest absolute Gasteiger partial charge is 0.385 e. The highest BCUT2D eigenvalue weighted by atomic mass is 16.5. The number of carbonyl (C=O) groups is 1. The van der Waals surface area contributed by atoms with Gasteiger partial charge in [0, 0.05) is 19.8 Å². The fourth-order valence-electron chi connectivity index (χ4n) is 1.62. The molecule has 1 rings (SSSR count). The molecule has 1 N–H and O–H groups in total. The molecule has 4 heteroatoms. The first-order valence-corrected chi connectivity index (χ1v) is 5.93. The Labute approximate surface area is 108 Å². The summed E-state index contributed by atoms with van der Waals surface area (Å²) in [5, 5.41) is 11.9. The Kier molecular flexibility index (Phi) is 5.89. The predicted molar refractivity (Wildman–Crippen MR) is 68.9 cm³/mol. The molecule has 1 aromatic carbocycles. The monoisotopic (exact) mass is 246 g/mol. The fourth-order valence-corrected chi connectivity index (χ4v) is 1.62. The van der Waals surface area contributed by atoms with Crippen molar-refractivity contribution in [2.45, 2.75) is 25.3 Å². The van der Waals surface area contributed by atoms with Gasteiger partial charge in [-0.3, -0.25) is 4.79 Å². The van der Waals surface area contributed by atoms with Crippen molar-refractivity contribution in [2.75, 3.05) is 13.7 Å². The third-order valence-corrected chi connectivity index (χ3v) is 2.67. The van der Waals surface area contributed by atoms with Crippen molar-refractivity contribution < 1.29 is 9.53 Å². The van der Waals surface area contributed by atoms with Crippen molar-refractivity contribution in [3.8, 4) is 6.07 Å². The van der Waals surface area contributed by atoms with Crippen LogP contribution in [0, 0.1) is 11.3 Å². The van der Waals surface area contributed by atoms with Crippen LogP contribution in [0.25, 0.3) is 0 Å². The van der Waals surface area contributed by atoms with Crippen LogP contribution in [0.15, 0.2) is 30.3 Å². The second kappa shape index (κ2) is 7.46. The smallest absolute Gasteiger partial charge is 0.242 e. The number of hydrogen-bond donors (Lipinski definition) is 1. The SMILES string of the molecule is COCCC(C)NC(=O)C(C#N)c1ccccc1. The Balaban J connectivity index is 2.62. The van der Waals surface area contributed by atoms with Gasteiger partial charge in [0.05, 0.1) is 6.07 Å². The lowest BCUT2D eigenvalue weighted by molar-refractivity contribution is -0.122. The first kappa shape index (κ1) is 14.2. The Hall–Kier alpha value is -1.86. The summed E-state index contributed by atoms with van der Waals surface area (Å²) in [6.07, 6.45) is 0.731. The van der Waals surface area contributed by atoms with Gasteiger partial charge in [0.15, 0.2) is 0 Å². The van der Waals surface area contributed by atoms with E-state index < -0.39 is 5.92 Å². The van der Waals surface area contributed by atoms with E-state index in [1.165, 1.54) is 0 Å². The Morgan fingerprint density at radius 1 is 1.44 bits per heavy atom. The number of benzene rings is 1. The minimum absolute atomic E-state index is 0.00277. The highest BCUT2D eigenvalue weighted by molar-refractivity contribution is 5.86. The van der Waals surface area contributed by atoms with Gasteiger partial charge in [-0.25, -0.2) is 0 Å². The molecule has 4 nitrogen and oxygen atoms in total. The Bertz CT molecular complexity index is 412. The fraction of sp³-hybridized carbons (Fsp3) is 0.429. The number of carbonyl (C=O) groups excluding carboxylic acids is 1. The van der Waals surface area contributed by atoms with E-state index in [0.717, 1.165) is 12.0 Å². The van der Waals surface area contributed by atoms with Crippen LogP contribution in [-0.2, 0) is 9.53 Å². The molecule has 0 aliphatic heterocycles. The molecule has 0 aliphatic carbocycles. The predicted octanol–water partition coefficient (Wildman–Crippen LogP) is 1.83. The third-order valence-electron chi connectivity index (χ3n) is 2.67. The number of nitrogens with one attached hydrogen (secondary N) is 1. The zero-order valence-corrected chi connectivity index (χ0v) is 10.7. The van der Waals surface area contributed by atoms with Gasteiger partial charge in [0.1, 0.15) is 5.92 Å². The molecular weight excluding hydrogens is 228 g/mol. The van der Waals surface area contributed by atoms with E-state index in [-0.39, 0.29) is 11.9 Å². The quantitative estimate of drug-likeness (QED) is 0.833. The number of amides is 1. The maximum Gasteiger partial charge on any atom is 0.242 e. The average Bonchev–Trinajstić information content (AvgIpc) is 2.38. The van der Waals surface area contributed by atoms with Crippen LogP contribution in [0.5, 0.6) is 0 Å². The van der Waals surface area contributed by atoms with Crippen molar-refractivity contribution >= 4 is 5.91 Å². The van der Waals surface area contributed by atoms with Crippen molar-refractivity contribution in [1.29, 1.82) is 5.26 Å². The van der Waals surface area contributed by atoms with Gasteiger partial charge < -0.3 is 10.1 Å². The van der Waals surface area contributed by atoms with E-state index in [0.29, 0.717) is 6.61 Å². The number of nitriles is 1. The minimum Gasteiger partial charge on any atom is -0.385 e. The topological polar surface area (TPSA) is 62.1 Å². The van der Waals surface area contributed by atoms with E-state index >= 15 is 0 Å². The second-order valence-electron chi connectivity index (χ2n) is 4.16. The summed E-state index contributed by atoms with van der Waals surface area (Å²) >= 11 is 0. The van der Waals surface area contributed by atoms with Crippen LogP contribution in [0.4, 0.5) is 0 Å². The van der Waals surface area contributed by atoms with Gasteiger partial charge in [0.2, 0.25) is 5.91 Å². The van der Waals surface area contributed by atoms with E-state index in [2.05, 4.69) is 5.32 Å². The summed E-state index contributed by atoms with van der Waals surface area (Å²) in [4.78, 5) is 12.0. The molecule has 0 saturated carbocycles. The minimum atomic E-state index is -0.754. The standard InChI is InChI=1S/C14H18N2O2/c1-11(8-9-18-2)16-14(17)13(10-15)12-6-4-3-5-7-12/h3-7,11,13H,8-9H2,1-2H3,(H,16,17). The summed E-state index contributed by atoms with van der Waals surface area (Å²) in [6.45, 7) is 2.49. The third kappa shape index (κ3) is 4.19. The Morgan fingerprint density at radius 3 is 2.67 bits per heavy atom. The molecule has 0 radical (unpaired) electrons. The average molecular weight is 246 g/mol. The van der Waals surface area contributed by atoms with Crippen molar-refractivity contribution in [2.24, 2.45) is 0 Å². The maximum atomic E-state index is 12.0. The van der Waals surface area contributed by atoms with Crippen LogP contribution in [0.2, 0.25) is 0 Å². The van der Waals surface area contributed by atoms with E-state index in [1.807, 2.05) is 31.2 Å². The van der Waals surface area contributed by atoms with E-state index in [1.54, 1.807) is 19.2 Å². The van der Waals surface area contributed by atoms with Crippen LogP contribution in [-0.4, -0.2) is 25.7 Å². The molecule has 1 amide bonds. The molecule has 0 bridgehead atoms. The highest BCUT2D eigenvalue weighted by Crippen LogP contribution is 2.14. The first-order chi connectivity index (χ1) is 8.69. The molecule has 1 aromatic rings. The lowest BCUT2D eigenvalue weighted by atomic mass is 9.99. The first-order valence-electron chi connectivity index (χ1n) is 5.93. The number of rotatable bonds is 6. The molecule has 18 heavy (non-hydrogen) atoms. The molecule has 2 atom stereocenters. The summed E-state index contributed by atoms with van der Waals surface area (Å²) < 4.78 is 4.95. The van der Waals surface area contributed by atoms with Crippen LogP contribution < -0.4 is 5.32 Å². The molecular formula is C14H18N2O2. The molecule has 0 saturated heterocycles. The molecule has 2 unspecified atom stereocenters. The van der Waals surface area contributed by atoms with E-state index in [4.69, 9.17) is 10.00 Å². The normalized spacial score (nSPS) is 13.4. The summed E-state index contributed by atoms with van der Waals surface area (Å²) in [7, 11) is 1.62. The molecule has 96 valence electrons. The van der Waals surface area contributed by atoms with Crippen molar-refractivity contribution in [1.82, 2.24) is 5.32 Å². The molecule has 0 spiro atoms. The molecule has 0 aliphatic rings. The van der Waals surface area contributed by atoms with Gasteiger partial charge >= 0.3 is 0 Å². The van der Waals surface area contributed by atoms with Crippen LogP contribution >= 0.6 is 0 Å². The molecule has 0 aromatic heterocycles. The lowest BCUT2D eigenvalue weighted by Gasteiger charge is -2.16. The summed E-state index contributed by atoms with van der Waals surface area (Å²) in [5.41, 5.74) is 0.719. The van der Waals surface area contributed by atoms with Crippen molar-refractivity contribution in [3.05, 3.63) is 35.9 Å². The van der Waals surface area contributed by atoms with Crippen LogP contribution in [0.1, 0.15) is 24.8 Å². The van der Waals surface area contributed by atoms with Gasteiger partial charge in [0.25, 0.3) is 0 Å². The number of ether oxygens (including phenoxy) is 1. The zero-order valence-electron chi connectivity index (χ0n) is 10.7. The number of nitrogens with zero attached hydrogens (tertiary/aromatic N) is 1. The second-order valence-corrected chi connectivity index (χ2v) is 4.16. The van der Waals surface area contributed by atoms with Crippen molar-refractivity contribution in [3.63, 3.8) is 0 Å². The zero-order chi connectivity index (χ0) is 13.4. The molecule has 0 heterocycles. The highest BCUT2D eigenvalue weighted by Gasteiger charge is 2.20. The molecule has 0 fully saturated rings. The summed E-state index contributed by atoms with van der Waals surface area (Å²) in [6, 6.07) is 11.1. The number of methoxy groups -OCH3 is 1. The lowest BCUT2D eigenvalue weighted by Crippen LogP contribution is -2.36. The van der Waals surface area contributed by atoms with Gasteiger partial charge in [-0.05, 0) is 18.9 Å². The Morgan fingerprint density at radius 2 is 2.11 bits per heavy atom. The van der Waals surface area contributed by atoms with E-state index in [9.17, 15) is 4.79 Å².